The molecule has 0 radical (unpaired) electrons. The van der Waals surface area contributed by atoms with Crippen molar-refractivity contribution in [1.29, 1.82) is 0 Å². The minimum absolute atomic E-state index is 0.0626. The molecule has 6 heteroatoms. The third-order valence-corrected chi connectivity index (χ3v) is 3.31. The van der Waals surface area contributed by atoms with Gasteiger partial charge in [0.15, 0.2) is 0 Å². The van der Waals surface area contributed by atoms with Gasteiger partial charge >= 0.3 is 5.97 Å². The first kappa shape index (κ1) is 16.9. The minimum atomic E-state index is -1.06. The zero-order valence-corrected chi connectivity index (χ0v) is 12.7. The summed E-state index contributed by atoms with van der Waals surface area (Å²) in [4.78, 5) is 23.5. The maximum Gasteiger partial charge on any atom is 0.330 e. The molecule has 1 fully saturated rings. The largest absolute Gasteiger partial charge is 0.467 e. The maximum atomic E-state index is 12.0. The van der Waals surface area contributed by atoms with E-state index in [4.69, 9.17) is 9.47 Å². The van der Waals surface area contributed by atoms with Crippen LogP contribution in [0.3, 0.4) is 0 Å². The summed E-state index contributed by atoms with van der Waals surface area (Å²) in [6.45, 7) is 5.99. The van der Waals surface area contributed by atoms with Gasteiger partial charge in [-0.05, 0) is 40.0 Å². The maximum absolute atomic E-state index is 12.0. The fraction of sp³-hybridized carbons (Fsp3) is 0.857. The fourth-order valence-corrected chi connectivity index (χ4v) is 1.98. The van der Waals surface area contributed by atoms with Crippen molar-refractivity contribution in [2.75, 3.05) is 20.3 Å². The molecule has 1 saturated heterocycles. The van der Waals surface area contributed by atoms with Crippen molar-refractivity contribution in [2.45, 2.75) is 57.8 Å². The Hall–Kier alpha value is -1.14. The highest BCUT2D eigenvalue weighted by Gasteiger charge is 2.32. The van der Waals surface area contributed by atoms with Crippen molar-refractivity contribution in [3.63, 3.8) is 0 Å². The van der Waals surface area contributed by atoms with Crippen molar-refractivity contribution in [3.8, 4) is 0 Å². The molecule has 0 bridgehead atoms. The standard InChI is InChI=1S/C14H25NO5/c1-10(20-9-11-7-5-6-8-19-11)12(16)15-14(2,3)13(17)18-4/h10-11H,5-9H2,1-4H3,(H,15,16)/t10-,11+/m0/s1. The number of hydrogen-bond acceptors (Lipinski definition) is 5. The lowest BCUT2D eigenvalue weighted by Crippen LogP contribution is -2.53. The second kappa shape index (κ2) is 7.59. The van der Waals surface area contributed by atoms with Crippen LogP contribution in [0.15, 0.2) is 0 Å². The van der Waals surface area contributed by atoms with Crippen molar-refractivity contribution >= 4 is 11.9 Å². The Labute approximate surface area is 120 Å². The molecular formula is C14H25NO5. The Bertz CT molecular complexity index is 336. The van der Waals surface area contributed by atoms with Crippen molar-refractivity contribution in [1.82, 2.24) is 5.32 Å². The van der Waals surface area contributed by atoms with E-state index in [9.17, 15) is 9.59 Å². The second-order valence-corrected chi connectivity index (χ2v) is 5.57. The van der Waals surface area contributed by atoms with E-state index in [0.29, 0.717) is 6.61 Å². The minimum Gasteiger partial charge on any atom is -0.467 e. The molecule has 1 N–H and O–H groups in total. The summed E-state index contributed by atoms with van der Waals surface area (Å²) < 4.78 is 15.7. The van der Waals surface area contributed by atoms with E-state index in [2.05, 4.69) is 10.1 Å². The second-order valence-electron chi connectivity index (χ2n) is 5.57. The van der Waals surface area contributed by atoms with Crippen molar-refractivity contribution in [2.24, 2.45) is 0 Å². The molecule has 0 spiro atoms. The third-order valence-electron chi connectivity index (χ3n) is 3.31. The quantitative estimate of drug-likeness (QED) is 0.739. The molecule has 0 aromatic rings. The van der Waals surface area contributed by atoms with Gasteiger partial charge in [0.1, 0.15) is 11.6 Å². The van der Waals surface area contributed by atoms with E-state index >= 15 is 0 Å². The fourth-order valence-electron chi connectivity index (χ4n) is 1.98. The van der Waals surface area contributed by atoms with Crippen LogP contribution in [0.1, 0.15) is 40.0 Å². The Kier molecular flexibility index (Phi) is 6.42. The number of rotatable bonds is 6. The van der Waals surface area contributed by atoms with E-state index in [-0.39, 0.29) is 12.0 Å². The Balaban J connectivity index is 2.36. The zero-order chi connectivity index (χ0) is 15.2. The van der Waals surface area contributed by atoms with Gasteiger partial charge < -0.3 is 19.5 Å². The summed E-state index contributed by atoms with van der Waals surface area (Å²) in [5.41, 5.74) is -1.06. The van der Waals surface area contributed by atoms with Gasteiger partial charge in [-0.2, -0.15) is 0 Å². The third kappa shape index (κ3) is 5.09. The number of hydrogen-bond donors (Lipinski definition) is 1. The van der Waals surface area contributed by atoms with E-state index in [1.807, 2.05) is 0 Å². The van der Waals surface area contributed by atoms with Gasteiger partial charge in [0, 0.05) is 6.61 Å². The Morgan fingerprint density at radius 2 is 2.10 bits per heavy atom. The average Bonchev–Trinajstić information content (AvgIpc) is 2.44. The number of carbonyl (C=O) groups excluding carboxylic acids is 2. The van der Waals surface area contributed by atoms with Crippen molar-refractivity contribution < 1.29 is 23.8 Å². The summed E-state index contributed by atoms with van der Waals surface area (Å²) in [5, 5.41) is 2.62. The van der Waals surface area contributed by atoms with Crippen LogP contribution in [-0.4, -0.2) is 49.9 Å². The van der Waals surface area contributed by atoms with Gasteiger partial charge in [0.05, 0.1) is 19.8 Å². The van der Waals surface area contributed by atoms with Crippen LogP contribution in [0.5, 0.6) is 0 Å². The average molecular weight is 287 g/mol. The highest BCUT2D eigenvalue weighted by atomic mass is 16.5. The lowest BCUT2D eigenvalue weighted by Gasteiger charge is -2.27. The van der Waals surface area contributed by atoms with Crippen LogP contribution >= 0.6 is 0 Å². The predicted octanol–water partition coefficient (Wildman–Crippen LogP) is 1.03. The lowest BCUT2D eigenvalue weighted by atomic mass is 10.1. The molecule has 1 aliphatic heterocycles. The number of esters is 1. The Morgan fingerprint density at radius 1 is 1.40 bits per heavy atom. The van der Waals surface area contributed by atoms with Crippen molar-refractivity contribution in [3.05, 3.63) is 0 Å². The van der Waals surface area contributed by atoms with Crippen LogP contribution in [0.25, 0.3) is 0 Å². The van der Waals surface area contributed by atoms with Crippen LogP contribution in [0.4, 0.5) is 0 Å². The molecule has 20 heavy (non-hydrogen) atoms. The van der Waals surface area contributed by atoms with Crippen LogP contribution in [-0.2, 0) is 23.8 Å². The molecule has 116 valence electrons. The summed E-state index contributed by atoms with van der Waals surface area (Å²) in [7, 11) is 1.29. The molecule has 1 rings (SSSR count). The van der Waals surface area contributed by atoms with Gasteiger partial charge in [0.25, 0.3) is 0 Å². The molecule has 1 amide bonds. The van der Waals surface area contributed by atoms with Crippen LogP contribution in [0.2, 0.25) is 0 Å². The highest BCUT2D eigenvalue weighted by Crippen LogP contribution is 2.13. The van der Waals surface area contributed by atoms with Crippen LogP contribution in [0, 0.1) is 0 Å². The monoisotopic (exact) mass is 287 g/mol. The van der Waals surface area contributed by atoms with Gasteiger partial charge in [-0.15, -0.1) is 0 Å². The van der Waals surface area contributed by atoms with Crippen LogP contribution < -0.4 is 5.32 Å². The first-order valence-electron chi connectivity index (χ1n) is 7.00. The zero-order valence-electron chi connectivity index (χ0n) is 12.7. The molecule has 0 aromatic carbocycles. The molecule has 1 heterocycles. The highest BCUT2D eigenvalue weighted by molar-refractivity contribution is 5.89. The molecule has 0 unspecified atom stereocenters. The summed E-state index contributed by atoms with van der Waals surface area (Å²) >= 11 is 0. The topological polar surface area (TPSA) is 73.9 Å². The van der Waals surface area contributed by atoms with E-state index in [1.54, 1.807) is 20.8 Å². The SMILES string of the molecule is COC(=O)C(C)(C)NC(=O)[C@H](C)OC[C@H]1CCCCO1. The summed E-state index contributed by atoms with van der Waals surface area (Å²) in [5.74, 6) is -0.829. The molecule has 2 atom stereocenters. The number of nitrogens with one attached hydrogen (secondary N) is 1. The lowest BCUT2D eigenvalue weighted by molar-refractivity contribution is -0.151. The molecular weight excluding hydrogens is 262 g/mol. The molecule has 1 aliphatic rings. The first-order chi connectivity index (χ1) is 9.36. The van der Waals surface area contributed by atoms with Gasteiger partial charge in [-0.25, -0.2) is 4.79 Å². The van der Waals surface area contributed by atoms with E-state index < -0.39 is 17.6 Å². The number of amides is 1. The van der Waals surface area contributed by atoms with Gasteiger partial charge in [0.2, 0.25) is 5.91 Å². The number of methoxy groups -OCH3 is 1. The number of carbonyl (C=O) groups is 2. The summed E-state index contributed by atoms with van der Waals surface area (Å²) in [6, 6.07) is 0. The van der Waals surface area contributed by atoms with E-state index in [1.165, 1.54) is 7.11 Å². The number of ether oxygens (including phenoxy) is 3. The molecule has 0 aromatic heterocycles. The molecule has 0 aliphatic carbocycles. The van der Waals surface area contributed by atoms with Gasteiger partial charge in [-0.1, -0.05) is 0 Å². The molecule has 0 saturated carbocycles. The molecule has 6 nitrogen and oxygen atoms in total. The predicted molar refractivity (Wildman–Crippen MR) is 73.2 cm³/mol. The van der Waals surface area contributed by atoms with E-state index in [0.717, 1.165) is 25.9 Å². The van der Waals surface area contributed by atoms with Gasteiger partial charge in [-0.3, -0.25) is 4.79 Å². The summed E-state index contributed by atoms with van der Waals surface area (Å²) in [6.07, 6.45) is 2.60. The Morgan fingerprint density at radius 3 is 2.65 bits per heavy atom. The first-order valence-corrected chi connectivity index (χ1v) is 7.00. The smallest absolute Gasteiger partial charge is 0.330 e. The normalized spacial score (nSPS) is 21.1.